The van der Waals surface area contributed by atoms with Crippen LogP contribution in [-0.4, -0.2) is 43.4 Å². The number of rotatable bonds is 7. The van der Waals surface area contributed by atoms with Crippen molar-refractivity contribution in [1.82, 2.24) is 10.3 Å². The fourth-order valence-corrected chi connectivity index (χ4v) is 3.49. The first-order valence-electron chi connectivity index (χ1n) is 8.08. The summed E-state index contributed by atoms with van der Waals surface area (Å²) in [4.78, 5) is 13.6. The van der Waals surface area contributed by atoms with Gasteiger partial charge in [-0.3, -0.25) is 4.79 Å². The molecule has 0 saturated heterocycles. The molecule has 2 heterocycles. The van der Waals surface area contributed by atoms with Crippen molar-refractivity contribution in [3.63, 3.8) is 0 Å². The SMILES string of the molecule is COCCNCC(=O)N1N=C(c2cccs2)CC1c1ccccc1F. The molecular weight excluding hydrogens is 341 g/mol. The molecule has 1 aliphatic rings. The molecular formula is C18H20FN3O2S. The van der Waals surface area contributed by atoms with E-state index in [1.54, 1.807) is 36.6 Å². The predicted molar refractivity (Wildman–Crippen MR) is 96.2 cm³/mol. The lowest BCUT2D eigenvalue weighted by molar-refractivity contribution is -0.132. The van der Waals surface area contributed by atoms with E-state index in [1.165, 1.54) is 11.1 Å². The monoisotopic (exact) mass is 361 g/mol. The van der Waals surface area contributed by atoms with Crippen molar-refractivity contribution in [3.8, 4) is 0 Å². The smallest absolute Gasteiger partial charge is 0.257 e. The molecule has 0 aliphatic carbocycles. The average molecular weight is 361 g/mol. The van der Waals surface area contributed by atoms with Gasteiger partial charge in [-0.1, -0.05) is 24.3 Å². The number of nitrogens with zero attached hydrogens (tertiary/aromatic N) is 2. The standard InChI is InChI=1S/C18H20FN3O2S/c1-24-9-8-20-12-18(23)22-16(13-5-2-3-6-14(13)19)11-15(21-22)17-7-4-10-25-17/h2-7,10,16,20H,8-9,11-12H2,1H3. The molecule has 5 nitrogen and oxygen atoms in total. The zero-order valence-electron chi connectivity index (χ0n) is 13.9. The number of hydrazone groups is 1. The van der Waals surface area contributed by atoms with Crippen LogP contribution in [0.25, 0.3) is 0 Å². The van der Waals surface area contributed by atoms with Crippen molar-refractivity contribution >= 4 is 23.0 Å². The first kappa shape index (κ1) is 17.7. The number of thiophene rings is 1. The molecule has 0 saturated carbocycles. The molecule has 0 bridgehead atoms. The number of carbonyl (C=O) groups is 1. The Morgan fingerprint density at radius 1 is 1.40 bits per heavy atom. The second kappa shape index (κ2) is 8.33. The summed E-state index contributed by atoms with van der Waals surface area (Å²) in [6.07, 6.45) is 0.505. The molecule has 0 spiro atoms. The van der Waals surface area contributed by atoms with Crippen molar-refractivity contribution < 1.29 is 13.9 Å². The summed E-state index contributed by atoms with van der Waals surface area (Å²) in [5.74, 6) is -0.504. The van der Waals surface area contributed by atoms with Crippen molar-refractivity contribution in [2.45, 2.75) is 12.5 Å². The summed E-state index contributed by atoms with van der Waals surface area (Å²) < 4.78 is 19.2. The number of methoxy groups -OCH3 is 1. The fraction of sp³-hybridized carbons (Fsp3) is 0.333. The summed E-state index contributed by atoms with van der Waals surface area (Å²) in [6.45, 7) is 1.23. The summed E-state index contributed by atoms with van der Waals surface area (Å²) in [7, 11) is 1.61. The first-order chi connectivity index (χ1) is 12.2. The average Bonchev–Trinajstić information content (AvgIpc) is 3.28. The summed E-state index contributed by atoms with van der Waals surface area (Å²) in [6, 6.07) is 10.0. The van der Waals surface area contributed by atoms with Gasteiger partial charge in [0, 0.05) is 25.6 Å². The van der Waals surface area contributed by atoms with Gasteiger partial charge in [0.15, 0.2) is 0 Å². The topological polar surface area (TPSA) is 53.9 Å². The van der Waals surface area contributed by atoms with Crippen LogP contribution in [0.2, 0.25) is 0 Å². The highest BCUT2D eigenvalue weighted by molar-refractivity contribution is 7.12. The van der Waals surface area contributed by atoms with E-state index in [0.717, 1.165) is 10.6 Å². The summed E-state index contributed by atoms with van der Waals surface area (Å²) in [5, 5.41) is 10.9. The largest absolute Gasteiger partial charge is 0.383 e. The van der Waals surface area contributed by atoms with Gasteiger partial charge in [-0.2, -0.15) is 5.10 Å². The van der Waals surface area contributed by atoms with Crippen LogP contribution < -0.4 is 5.32 Å². The lowest BCUT2D eigenvalue weighted by Crippen LogP contribution is -2.36. The van der Waals surface area contributed by atoms with Gasteiger partial charge in [0.2, 0.25) is 0 Å². The Labute approximate surface area is 150 Å². The number of carbonyl (C=O) groups excluding carboxylic acids is 1. The van der Waals surface area contributed by atoms with Crippen LogP contribution in [0.3, 0.4) is 0 Å². The molecule has 1 aromatic heterocycles. The van der Waals surface area contributed by atoms with Crippen LogP contribution in [0.15, 0.2) is 46.9 Å². The molecule has 25 heavy (non-hydrogen) atoms. The number of ether oxygens (including phenoxy) is 1. The molecule has 0 radical (unpaired) electrons. The fourth-order valence-electron chi connectivity index (χ4n) is 2.77. The zero-order valence-corrected chi connectivity index (χ0v) is 14.8. The van der Waals surface area contributed by atoms with E-state index in [1.807, 2.05) is 17.5 Å². The highest BCUT2D eigenvalue weighted by Gasteiger charge is 2.34. The van der Waals surface area contributed by atoms with Crippen molar-refractivity contribution in [2.75, 3.05) is 26.8 Å². The maximum Gasteiger partial charge on any atom is 0.257 e. The van der Waals surface area contributed by atoms with Crippen LogP contribution in [0.1, 0.15) is 22.9 Å². The lowest BCUT2D eigenvalue weighted by Gasteiger charge is -2.22. The van der Waals surface area contributed by atoms with Crippen molar-refractivity contribution in [2.24, 2.45) is 5.10 Å². The van der Waals surface area contributed by atoms with Gasteiger partial charge in [0.1, 0.15) is 5.82 Å². The molecule has 3 rings (SSSR count). The van der Waals surface area contributed by atoms with Crippen molar-refractivity contribution in [3.05, 3.63) is 58.0 Å². The van der Waals surface area contributed by atoms with E-state index in [0.29, 0.717) is 25.1 Å². The predicted octanol–water partition coefficient (Wildman–Crippen LogP) is 2.80. The molecule has 1 unspecified atom stereocenters. The van der Waals surface area contributed by atoms with Gasteiger partial charge in [-0.25, -0.2) is 9.40 Å². The second-order valence-electron chi connectivity index (χ2n) is 5.67. The Bertz CT molecular complexity index is 749. The van der Waals surface area contributed by atoms with Crippen molar-refractivity contribution in [1.29, 1.82) is 0 Å². The quantitative estimate of drug-likeness (QED) is 0.772. The van der Waals surface area contributed by atoms with E-state index in [2.05, 4.69) is 10.4 Å². The molecule has 1 aliphatic heterocycles. The molecule has 1 aromatic carbocycles. The minimum Gasteiger partial charge on any atom is -0.383 e. The van der Waals surface area contributed by atoms with Gasteiger partial charge < -0.3 is 10.1 Å². The number of nitrogens with one attached hydrogen (secondary N) is 1. The minimum absolute atomic E-state index is 0.134. The van der Waals surface area contributed by atoms with Crippen LogP contribution in [-0.2, 0) is 9.53 Å². The lowest BCUT2D eigenvalue weighted by atomic mass is 10.0. The Morgan fingerprint density at radius 2 is 2.24 bits per heavy atom. The van der Waals surface area contributed by atoms with Gasteiger partial charge in [-0.15, -0.1) is 11.3 Å². The summed E-state index contributed by atoms with van der Waals surface area (Å²) in [5.41, 5.74) is 1.30. The molecule has 1 atom stereocenters. The van der Waals surface area contributed by atoms with Crippen LogP contribution >= 0.6 is 11.3 Å². The van der Waals surface area contributed by atoms with E-state index < -0.39 is 6.04 Å². The van der Waals surface area contributed by atoms with E-state index in [9.17, 15) is 9.18 Å². The van der Waals surface area contributed by atoms with E-state index in [-0.39, 0.29) is 18.3 Å². The van der Waals surface area contributed by atoms with Gasteiger partial charge in [0.25, 0.3) is 5.91 Å². The third-order valence-corrected chi connectivity index (χ3v) is 4.91. The Balaban J connectivity index is 1.81. The number of amides is 1. The summed E-state index contributed by atoms with van der Waals surface area (Å²) >= 11 is 1.57. The first-order valence-corrected chi connectivity index (χ1v) is 8.96. The molecule has 1 N–H and O–H groups in total. The third-order valence-electron chi connectivity index (χ3n) is 3.99. The van der Waals surface area contributed by atoms with Gasteiger partial charge in [0.05, 0.1) is 29.8 Å². The van der Waals surface area contributed by atoms with Crippen LogP contribution in [0, 0.1) is 5.82 Å². The van der Waals surface area contributed by atoms with Crippen LogP contribution in [0.4, 0.5) is 4.39 Å². The van der Waals surface area contributed by atoms with E-state index in [4.69, 9.17) is 4.74 Å². The molecule has 7 heteroatoms. The third kappa shape index (κ3) is 4.12. The van der Waals surface area contributed by atoms with Gasteiger partial charge >= 0.3 is 0 Å². The number of halogens is 1. The Morgan fingerprint density at radius 3 is 2.96 bits per heavy atom. The molecule has 132 valence electrons. The number of hydrogen-bond acceptors (Lipinski definition) is 5. The number of benzene rings is 1. The Hall–Kier alpha value is -2.09. The molecule has 0 fully saturated rings. The van der Waals surface area contributed by atoms with E-state index >= 15 is 0 Å². The molecule has 2 aromatic rings. The van der Waals surface area contributed by atoms with Gasteiger partial charge in [-0.05, 0) is 17.5 Å². The number of hydrogen-bond donors (Lipinski definition) is 1. The normalized spacial score (nSPS) is 17.0. The molecule has 1 amide bonds. The highest BCUT2D eigenvalue weighted by Crippen LogP contribution is 2.34. The maximum atomic E-state index is 14.3. The Kier molecular flexibility index (Phi) is 5.91. The zero-order chi connectivity index (χ0) is 17.6. The minimum atomic E-state index is -0.421. The highest BCUT2D eigenvalue weighted by atomic mass is 32.1. The maximum absolute atomic E-state index is 14.3. The second-order valence-corrected chi connectivity index (χ2v) is 6.62. The van der Waals surface area contributed by atoms with Crippen LogP contribution in [0.5, 0.6) is 0 Å².